The molecular formula is C20H33NO13S. The number of nitro benzene ring substituents is 1. The Bertz CT molecular complexity index is 761. The van der Waals surface area contributed by atoms with Crippen LogP contribution < -0.4 is 4.74 Å². The van der Waals surface area contributed by atoms with Crippen LogP contribution in [0.4, 0.5) is 5.69 Å². The van der Waals surface area contributed by atoms with Crippen molar-refractivity contribution in [3.8, 4) is 5.75 Å². The molecule has 0 aliphatic rings. The first-order chi connectivity index (χ1) is 16.9. The summed E-state index contributed by atoms with van der Waals surface area (Å²) in [6, 6.07) is 5.84. The number of benzene rings is 1. The third-order valence-corrected chi connectivity index (χ3v) is 4.33. The highest BCUT2D eigenvalue weighted by molar-refractivity contribution is 7.80. The van der Waals surface area contributed by atoms with E-state index in [2.05, 4.69) is 4.18 Å². The lowest BCUT2D eigenvalue weighted by atomic mass is 10.3. The monoisotopic (exact) mass is 527 g/mol. The Morgan fingerprint density at radius 1 is 0.629 bits per heavy atom. The molecular weight excluding hydrogens is 494 g/mol. The van der Waals surface area contributed by atoms with Gasteiger partial charge in [0, 0.05) is 12.1 Å². The number of nitrogens with zero attached hydrogens (tertiary/aromatic N) is 1. The molecule has 0 unspecified atom stereocenters. The highest BCUT2D eigenvalue weighted by Gasteiger charge is 2.04. The van der Waals surface area contributed by atoms with Crippen LogP contribution in [0.1, 0.15) is 0 Å². The van der Waals surface area contributed by atoms with E-state index in [1.165, 1.54) is 24.3 Å². The lowest BCUT2D eigenvalue weighted by molar-refractivity contribution is -0.384. The van der Waals surface area contributed by atoms with E-state index in [0.29, 0.717) is 78.4 Å². The van der Waals surface area contributed by atoms with Gasteiger partial charge in [-0.05, 0) is 12.1 Å². The minimum Gasteiger partial charge on any atom is -0.491 e. The molecule has 0 heterocycles. The molecule has 0 amide bonds. The first kappa shape index (κ1) is 31.1. The van der Waals surface area contributed by atoms with E-state index in [0.717, 1.165) is 0 Å². The van der Waals surface area contributed by atoms with Crippen molar-refractivity contribution in [3.05, 3.63) is 34.4 Å². The van der Waals surface area contributed by atoms with Crippen molar-refractivity contribution in [2.45, 2.75) is 0 Å². The van der Waals surface area contributed by atoms with E-state index >= 15 is 0 Å². The number of hydrogen-bond acceptors (Lipinski definition) is 12. The summed E-state index contributed by atoms with van der Waals surface area (Å²) < 4.78 is 70.2. The molecule has 14 nitrogen and oxygen atoms in total. The summed E-state index contributed by atoms with van der Waals surface area (Å²) >= 11 is 0. The van der Waals surface area contributed by atoms with Crippen LogP contribution in [0, 0.1) is 10.1 Å². The van der Waals surface area contributed by atoms with Gasteiger partial charge in [0.05, 0.1) is 90.8 Å². The smallest absolute Gasteiger partial charge is 0.397 e. The van der Waals surface area contributed by atoms with Crippen LogP contribution in [-0.2, 0) is 43.0 Å². The Morgan fingerprint density at radius 3 is 1.31 bits per heavy atom. The Labute approximate surface area is 204 Å². The number of hydrogen-bond donors (Lipinski definition) is 1. The molecule has 1 aromatic rings. The van der Waals surface area contributed by atoms with Crippen LogP contribution in [0.3, 0.4) is 0 Å². The van der Waals surface area contributed by atoms with Crippen molar-refractivity contribution in [2.24, 2.45) is 0 Å². The molecule has 0 aliphatic carbocycles. The fourth-order valence-corrected chi connectivity index (χ4v) is 2.56. The highest BCUT2D eigenvalue weighted by Crippen LogP contribution is 2.17. The van der Waals surface area contributed by atoms with Crippen LogP contribution in [-0.4, -0.2) is 110 Å². The minimum absolute atomic E-state index is 0.0133. The Kier molecular flexibility index (Phi) is 18.0. The van der Waals surface area contributed by atoms with Gasteiger partial charge >= 0.3 is 10.4 Å². The average Bonchev–Trinajstić information content (AvgIpc) is 2.82. The van der Waals surface area contributed by atoms with E-state index in [9.17, 15) is 18.5 Å². The lowest BCUT2D eigenvalue weighted by Crippen LogP contribution is -2.15. The molecule has 0 aromatic heterocycles. The molecule has 0 atom stereocenters. The van der Waals surface area contributed by atoms with E-state index < -0.39 is 15.3 Å². The fourth-order valence-electron chi connectivity index (χ4n) is 2.28. The molecule has 0 radical (unpaired) electrons. The van der Waals surface area contributed by atoms with Gasteiger partial charge in [-0.2, -0.15) is 8.42 Å². The van der Waals surface area contributed by atoms with Gasteiger partial charge in [-0.25, -0.2) is 4.18 Å². The molecule has 202 valence electrons. The molecule has 1 N–H and O–H groups in total. The first-order valence-electron chi connectivity index (χ1n) is 10.8. The minimum atomic E-state index is -4.43. The van der Waals surface area contributed by atoms with Crippen molar-refractivity contribution in [1.29, 1.82) is 0 Å². The second-order valence-electron chi connectivity index (χ2n) is 6.52. The molecule has 1 aromatic carbocycles. The van der Waals surface area contributed by atoms with Crippen molar-refractivity contribution in [2.75, 3.05) is 92.5 Å². The predicted molar refractivity (Wildman–Crippen MR) is 121 cm³/mol. The van der Waals surface area contributed by atoms with Gasteiger partial charge in [0.25, 0.3) is 5.69 Å². The van der Waals surface area contributed by atoms with Crippen LogP contribution in [0.15, 0.2) is 24.3 Å². The van der Waals surface area contributed by atoms with Crippen molar-refractivity contribution in [3.63, 3.8) is 0 Å². The summed E-state index contributed by atoms with van der Waals surface area (Å²) in [6.45, 7) is 4.37. The zero-order chi connectivity index (χ0) is 25.6. The summed E-state index contributed by atoms with van der Waals surface area (Å²) in [6.07, 6.45) is 0. The maximum absolute atomic E-state index is 10.6. The zero-order valence-corrected chi connectivity index (χ0v) is 20.2. The third kappa shape index (κ3) is 20.0. The SMILES string of the molecule is O=[N+]([O-])c1ccc(OCCOCCOCCOCCOCCOCCOCCOS(=O)(=O)O)cc1. The van der Waals surface area contributed by atoms with Gasteiger partial charge in [-0.15, -0.1) is 0 Å². The normalized spacial score (nSPS) is 11.6. The third-order valence-electron chi connectivity index (χ3n) is 3.86. The fraction of sp³-hybridized carbons (Fsp3) is 0.700. The highest BCUT2D eigenvalue weighted by atomic mass is 32.3. The molecule has 35 heavy (non-hydrogen) atoms. The van der Waals surface area contributed by atoms with Gasteiger partial charge in [0.2, 0.25) is 0 Å². The van der Waals surface area contributed by atoms with Gasteiger partial charge < -0.3 is 33.2 Å². The standard InChI is InChI=1S/C20H33NO13S/c22-21(23)19-1-3-20(4-2-19)33-17-15-31-13-11-29-9-7-27-5-6-28-8-10-30-12-14-32-16-18-34-35(24,25)26/h1-4H,5-18H2,(H,24,25,26). The van der Waals surface area contributed by atoms with Crippen molar-refractivity contribution >= 4 is 16.1 Å². The Hall–Kier alpha value is -1.95. The van der Waals surface area contributed by atoms with Crippen LogP contribution in [0.2, 0.25) is 0 Å². The second kappa shape index (κ2) is 20.3. The molecule has 0 saturated heterocycles. The first-order valence-corrected chi connectivity index (χ1v) is 12.2. The maximum Gasteiger partial charge on any atom is 0.397 e. The molecule has 0 spiro atoms. The van der Waals surface area contributed by atoms with Crippen molar-refractivity contribution < 1.29 is 55.2 Å². The molecule has 0 aliphatic heterocycles. The van der Waals surface area contributed by atoms with Crippen LogP contribution in [0.25, 0.3) is 0 Å². The zero-order valence-electron chi connectivity index (χ0n) is 19.4. The van der Waals surface area contributed by atoms with Gasteiger partial charge in [-0.1, -0.05) is 0 Å². The number of nitro groups is 1. The molecule has 0 saturated carbocycles. The van der Waals surface area contributed by atoms with E-state index in [-0.39, 0.29) is 25.5 Å². The molecule has 1 rings (SSSR count). The quantitative estimate of drug-likeness (QED) is 0.0870. The van der Waals surface area contributed by atoms with E-state index in [1.54, 1.807) is 0 Å². The average molecular weight is 528 g/mol. The topological polar surface area (TPSA) is 171 Å². The maximum atomic E-state index is 10.6. The van der Waals surface area contributed by atoms with Gasteiger partial charge in [-0.3, -0.25) is 14.7 Å². The summed E-state index contributed by atoms with van der Waals surface area (Å²) in [4.78, 5) is 10.1. The van der Waals surface area contributed by atoms with Crippen LogP contribution in [0.5, 0.6) is 5.75 Å². The molecule has 0 fully saturated rings. The molecule has 0 bridgehead atoms. The largest absolute Gasteiger partial charge is 0.491 e. The number of non-ortho nitro benzene ring substituents is 1. The molecule has 15 heteroatoms. The lowest BCUT2D eigenvalue weighted by Gasteiger charge is -2.09. The predicted octanol–water partition coefficient (Wildman–Crippen LogP) is 0.893. The Morgan fingerprint density at radius 2 is 0.971 bits per heavy atom. The van der Waals surface area contributed by atoms with Crippen LogP contribution >= 0.6 is 0 Å². The summed E-state index contributed by atoms with van der Waals surface area (Å²) in [7, 11) is -4.43. The summed E-state index contributed by atoms with van der Waals surface area (Å²) in [5, 5.41) is 10.6. The number of ether oxygens (including phenoxy) is 7. The van der Waals surface area contributed by atoms with Crippen molar-refractivity contribution in [1.82, 2.24) is 0 Å². The summed E-state index contributed by atoms with van der Waals surface area (Å²) in [5.74, 6) is 0.540. The second-order valence-corrected chi connectivity index (χ2v) is 7.61. The summed E-state index contributed by atoms with van der Waals surface area (Å²) in [5.41, 5.74) is 0.0133. The Balaban J connectivity index is 1.73. The van der Waals surface area contributed by atoms with Gasteiger partial charge in [0.15, 0.2) is 0 Å². The van der Waals surface area contributed by atoms with E-state index in [1.807, 2.05) is 0 Å². The van der Waals surface area contributed by atoms with Gasteiger partial charge in [0.1, 0.15) is 12.4 Å². The number of rotatable bonds is 24. The van der Waals surface area contributed by atoms with E-state index in [4.69, 9.17) is 37.7 Å².